The molecule has 4 aliphatic rings. The normalized spacial score (nSPS) is 35.9. The minimum atomic E-state index is -4.45. The molecule has 0 bridgehead atoms. The Kier molecular flexibility index (Phi) is 19.6. The van der Waals surface area contributed by atoms with Crippen molar-refractivity contribution >= 4 is 10.4 Å². The first-order valence-corrected chi connectivity index (χ1v) is 19.1. The van der Waals surface area contributed by atoms with Gasteiger partial charge in [0.2, 0.25) is 0 Å². The highest BCUT2D eigenvalue weighted by Gasteiger charge is 2.62. The lowest BCUT2D eigenvalue weighted by molar-refractivity contribution is -0.167. The zero-order valence-electron chi connectivity index (χ0n) is 29.9. The molecule has 13 heteroatoms. The van der Waals surface area contributed by atoms with Crippen molar-refractivity contribution in [2.45, 2.75) is 136 Å². The van der Waals surface area contributed by atoms with E-state index in [1.165, 1.54) is 44.9 Å². The molecule has 0 aromatic carbocycles. The second-order valence-corrected chi connectivity index (χ2v) is 17.0. The molecule has 4 aliphatic carbocycles. The molecule has 0 spiro atoms. The van der Waals surface area contributed by atoms with Crippen LogP contribution in [0.15, 0.2) is 0 Å². The molecule has 284 valence electrons. The van der Waals surface area contributed by atoms with Crippen LogP contribution < -0.4 is 16.4 Å². The molecule has 0 amide bonds. The Hall–Kier alpha value is -0.450. The number of unbranched alkanes of at least 4 members (excludes halogenated alkanes) is 1. The van der Waals surface area contributed by atoms with Crippen LogP contribution in [0.1, 0.15) is 118 Å². The van der Waals surface area contributed by atoms with Crippen LogP contribution in [0.4, 0.5) is 0 Å². The van der Waals surface area contributed by atoms with Crippen LogP contribution in [0.5, 0.6) is 0 Å². The van der Waals surface area contributed by atoms with Gasteiger partial charge in [0.25, 0.3) is 0 Å². The summed E-state index contributed by atoms with van der Waals surface area (Å²) in [6.45, 7) is 15.3. The molecule has 12 nitrogen and oxygen atoms in total. The van der Waals surface area contributed by atoms with Gasteiger partial charge in [-0.3, -0.25) is 4.55 Å². The lowest BCUT2D eigenvalue weighted by Gasteiger charge is -2.62. The first kappa shape index (κ1) is 46.5. The lowest BCUT2D eigenvalue weighted by atomic mass is 9.43. The summed E-state index contributed by atoms with van der Waals surface area (Å²) in [5, 5.41) is 19.2. The summed E-state index contributed by atoms with van der Waals surface area (Å²) in [5.41, 5.74) is 6.13. The number of nitrogens with one attached hydrogen (secondary N) is 2. The third kappa shape index (κ3) is 11.0. The molecule has 0 unspecified atom stereocenters. The van der Waals surface area contributed by atoms with Crippen molar-refractivity contribution in [2.24, 2.45) is 58.0 Å². The van der Waals surface area contributed by atoms with Gasteiger partial charge in [0.15, 0.2) is 0 Å². The van der Waals surface area contributed by atoms with Crippen LogP contribution in [0.2, 0.25) is 0 Å². The van der Waals surface area contributed by atoms with Crippen molar-refractivity contribution in [3.8, 4) is 0 Å². The van der Waals surface area contributed by atoms with E-state index in [0.717, 1.165) is 58.3 Å². The third-order valence-corrected chi connectivity index (χ3v) is 13.6. The Balaban J connectivity index is 0.00000529. The van der Waals surface area contributed by atoms with Gasteiger partial charge >= 0.3 is 10.4 Å². The largest absolute Gasteiger partial charge is 0.412 e. The number of aliphatic hydroxyl groups excluding tert-OH is 1. The van der Waals surface area contributed by atoms with E-state index in [1.54, 1.807) is 0 Å². The topological polar surface area (TPSA) is 260 Å². The van der Waals surface area contributed by atoms with E-state index in [1.807, 2.05) is 13.8 Å². The monoisotopic (exact) mass is 700 g/mol. The molecular weight excluding hydrogens is 626 g/mol. The Labute approximate surface area is 285 Å². The molecule has 0 aromatic heterocycles. The van der Waals surface area contributed by atoms with E-state index in [2.05, 4.69) is 31.4 Å². The molecule has 14 N–H and O–H groups in total. The van der Waals surface area contributed by atoms with Gasteiger partial charge in [-0.2, -0.15) is 8.42 Å². The van der Waals surface area contributed by atoms with Crippen LogP contribution >= 0.6 is 0 Å². The van der Waals surface area contributed by atoms with Gasteiger partial charge in [0.1, 0.15) is 0 Å². The molecule has 47 heavy (non-hydrogen) atoms. The maximum atomic E-state index is 11.8. The van der Waals surface area contributed by atoms with Crippen molar-refractivity contribution in [1.29, 1.82) is 0 Å². The zero-order chi connectivity index (χ0) is 31.4. The Morgan fingerprint density at radius 3 is 2.13 bits per heavy atom. The summed E-state index contributed by atoms with van der Waals surface area (Å²) in [6.07, 6.45) is 13.7. The molecule has 11 atom stereocenters. The number of rotatable bonds is 16. The smallest absolute Gasteiger partial charge is 0.397 e. The first-order chi connectivity index (χ1) is 20.3. The molecular formula is C34H73N3O9S. The predicted molar refractivity (Wildman–Crippen MR) is 188 cm³/mol. The van der Waals surface area contributed by atoms with Crippen molar-refractivity contribution in [2.75, 3.05) is 26.2 Å². The minimum absolute atomic E-state index is 0. The van der Waals surface area contributed by atoms with E-state index in [9.17, 15) is 18.1 Å². The highest BCUT2D eigenvalue weighted by molar-refractivity contribution is 7.80. The van der Waals surface area contributed by atoms with Crippen LogP contribution in [0.3, 0.4) is 0 Å². The van der Waals surface area contributed by atoms with Gasteiger partial charge < -0.3 is 43.4 Å². The fourth-order valence-electron chi connectivity index (χ4n) is 10.7. The van der Waals surface area contributed by atoms with Crippen molar-refractivity contribution in [3.05, 3.63) is 0 Å². The first-order valence-electron chi connectivity index (χ1n) is 17.8. The second kappa shape index (κ2) is 19.8. The van der Waals surface area contributed by atoms with Crippen LogP contribution in [0.25, 0.3) is 0 Å². The van der Waals surface area contributed by atoms with Gasteiger partial charge in [-0.05, 0) is 162 Å². The van der Waals surface area contributed by atoms with E-state index < -0.39 is 16.5 Å². The Bertz CT molecular complexity index is 992. The summed E-state index contributed by atoms with van der Waals surface area (Å²) < 4.78 is 37.1. The summed E-state index contributed by atoms with van der Waals surface area (Å²) in [7, 11) is -4.45. The summed E-state index contributed by atoms with van der Waals surface area (Å²) in [4.78, 5) is 0. The molecule has 0 saturated heterocycles. The minimum Gasteiger partial charge on any atom is -0.412 e. The molecule has 4 saturated carbocycles. The standard InChI is InChI=1S/C34H65N3O5S.4H2O/c1-23(2)31(42-43(39,40)41)12-9-24(3)27-10-11-28-32-29(14-16-34(27,28)5)33(4)15-13-26(21-25(33)22-30(32)38)37-20-8-19-36-18-7-6-17-35;;;;/h23-32,36-38H,6-22,35H2,1-5H3,(H,39,40,41);4*1H2/t24-,25-,26+,27-,28+,29+,30-,31-,32+,33+,34-;;;;/m1..../s1. The Morgan fingerprint density at radius 2 is 1.49 bits per heavy atom. The lowest BCUT2D eigenvalue weighted by Crippen LogP contribution is -2.59. The SMILES string of the molecule is CC(C)[C@@H](CC[C@@H](C)[C@H]1CC[C@H]2[C@@H]3[C@H](O)C[C@H]4C[C@@H](NCCCNCCCCN)CC[C@]4(C)[C@H]3CC[C@]12C)OS(=O)(=O)O.O.O.O.O. The predicted octanol–water partition coefficient (Wildman–Crippen LogP) is 2.25. The highest BCUT2D eigenvalue weighted by atomic mass is 32.3. The maximum absolute atomic E-state index is 11.8. The highest BCUT2D eigenvalue weighted by Crippen LogP contribution is 2.68. The third-order valence-electron chi connectivity index (χ3n) is 13.1. The average molecular weight is 700 g/mol. The average Bonchev–Trinajstić information content (AvgIpc) is 3.29. The number of aliphatic hydroxyl groups is 1. The van der Waals surface area contributed by atoms with E-state index in [0.29, 0.717) is 53.4 Å². The number of nitrogens with two attached hydrogens (primary N) is 1. The van der Waals surface area contributed by atoms with Crippen LogP contribution in [-0.4, -0.2) is 84.4 Å². The maximum Gasteiger partial charge on any atom is 0.397 e. The second-order valence-electron chi connectivity index (χ2n) is 15.9. The van der Waals surface area contributed by atoms with Gasteiger partial charge in [-0.1, -0.05) is 34.6 Å². The molecule has 0 aromatic rings. The number of hydrogen-bond donors (Lipinski definition) is 5. The Morgan fingerprint density at radius 1 is 0.851 bits per heavy atom. The fourth-order valence-corrected chi connectivity index (χ4v) is 11.3. The summed E-state index contributed by atoms with van der Waals surface area (Å²) >= 11 is 0. The van der Waals surface area contributed by atoms with E-state index in [-0.39, 0.29) is 39.3 Å². The molecule has 0 radical (unpaired) electrons. The van der Waals surface area contributed by atoms with Crippen molar-refractivity contribution < 1.29 is 44.2 Å². The number of fused-ring (bicyclic) bond motifs is 5. The van der Waals surface area contributed by atoms with Gasteiger partial charge in [-0.25, -0.2) is 4.18 Å². The molecule has 0 aliphatic heterocycles. The molecule has 4 rings (SSSR count). The van der Waals surface area contributed by atoms with Gasteiger partial charge in [0.05, 0.1) is 12.2 Å². The van der Waals surface area contributed by atoms with Crippen LogP contribution in [-0.2, 0) is 14.6 Å². The van der Waals surface area contributed by atoms with E-state index >= 15 is 0 Å². The fraction of sp³-hybridized carbons (Fsp3) is 1.00. The molecule has 0 heterocycles. The van der Waals surface area contributed by atoms with Gasteiger partial charge in [-0.15, -0.1) is 0 Å². The molecule has 4 fully saturated rings. The zero-order valence-corrected chi connectivity index (χ0v) is 30.7. The summed E-state index contributed by atoms with van der Waals surface area (Å²) in [5.74, 6) is 3.21. The van der Waals surface area contributed by atoms with Crippen molar-refractivity contribution in [3.63, 3.8) is 0 Å². The van der Waals surface area contributed by atoms with Crippen molar-refractivity contribution in [1.82, 2.24) is 10.6 Å². The number of hydrogen-bond acceptors (Lipinski definition) is 7. The van der Waals surface area contributed by atoms with Crippen LogP contribution in [0, 0.1) is 52.3 Å². The van der Waals surface area contributed by atoms with E-state index in [4.69, 9.17) is 9.92 Å². The quantitative estimate of drug-likeness (QED) is 0.118. The summed E-state index contributed by atoms with van der Waals surface area (Å²) in [6, 6.07) is 0.573. The van der Waals surface area contributed by atoms with Gasteiger partial charge in [0, 0.05) is 6.04 Å².